The monoisotopic (exact) mass is 334 g/mol. The number of aryl methyl sites for hydroxylation is 3. The molecule has 0 bridgehead atoms. The molecule has 0 atom stereocenters. The fraction of sp³-hybridized carbons (Fsp3) is 0.632. The summed E-state index contributed by atoms with van der Waals surface area (Å²) in [6.07, 6.45) is 2.02. The Morgan fingerprint density at radius 2 is 1.83 bits per heavy atom. The number of amides is 1. The van der Waals surface area contributed by atoms with E-state index < -0.39 is 0 Å². The average Bonchev–Trinajstić information content (AvgIpc) is 2.53. The lowest BCUT2D eigenvalue weighted by Crippen LogP contribution is -2.47. The van der Waals surface area contributed by atoms with Crippen molar-refractivity contribution in [3.63, 3.8) is 0 Å². The minimum Gasteiger partial charge on any atom is -0.483 e. The number of nitrogens with one attached hydrogen (secondary N) is 2. The van der Waals surface area contributed by atoms with E-state index in [2.05, 4.69) is 29.7 Å². The first-order valence-electron chi connectivity index (χ1n) is 8.63. The summed E-state index contributed by atoms with van der Waals surface area (Å²) in [5.41, 5.74) is 3.36. The zero-order chi connectivity index (χ0) is 17.6. The zero-order valence-corrected chi connectivity index (χ0v) is 15.3. The van der Waals surface area contributed by atoms with Crippen LogP contribution in [0.25, 0.3) is 0 Å². The molecule has 1 heterocycles. The second-order valence-corrected chi connectivity index (χ2v) is 6.98. The Morgan fingerprint density at radius 3 is 2.42 bits per heavy atom. The molecule has 5 nitrogen and oxygen atoms in total. The lowest BCUT2D eigenvalue weighted by Gasteiger charge is -2.37. The molecule has 1 amide bonds. The van der Waals surface area contributed by atoms with E-state index in [1.807, 2.05) is 13.8 Å². The molecule has 1 aliphatic heterocycles. The normalized spacial score (nSPS) is 16.7. The van der Waals surface area contributed by atoms with E-state index in [-0.39, 0.29) is 17.9 Å². The molecule has 0 radical (unpaired) electrons. The standard InChI is InChI=1S/C19H30N2O3/c1-14-9-15(2)18(16(3)10-14)24-11-17(22)21-12-19(13-23-4)5-7-20-8-6-19/h9-10,20H,5-8,11-13H2,1-4H3,(H,21,22). The Balaban J connectivity index is 1.87. The maximum atomic E-state index is 12.2. The van der Waals surface area contributed by atoms with Gasteiger partial charge in [0, 0.05) is 19.1 Å². The van der Waals surface area contributed by atoms with Gasteiger partial charge >= 0.3 is 0 Å². The van der Waals surface area contributed by atoms with Gasteiger partial charge in [0.1, 0.15) is 5.75 Å². The van der Waals surface area contributed by atoms with Crippen LogP contribution in [0.5, 0.6) is 5.75 Å². The van der Waals surface area contributed by atoms with Crippen LogP contribution in [0.3, 0.4) is 0 Å². The van der Waals surface area contributed by atoms with Crippen LogP contribution in [-0.4, -0.2) is 45.9 Å². The van der Waals surface area contributed by atoms with Crippen molar-refractivity contribution < 1.29 is 14.3 Å². The van der Waals surface area contributed by atoms with Crippen molar-refractivity contribution in [2.45, 2.75) is 33.6 Å². The van der Waals surface area contributed by atoms with Gasteiger partial charge in [-0.25, -0.2) is 0 Å². The van der Waals surface area contributed by atoms with E-state index in [9.17, 15) is 4.79 Å². The second-order valence-electron chi connectivity index (χ2n) is 6.98. The molecular weight excluding hydrogens is 304 g/mol. The smallest absolute Gasteiger partial charge is 0.257 e. The van der Waals surface area contributed by atoms with Gasteiger partial charge in [0.05, 0.1) is 6.61 Å². The molecule has 0 unspecified atom stereocenters. The fourth-order valence-electron chi connectivity index (χ4n) is 3.50. The van der Waals surface area contributed by atoms with E-state index in [1.54, 1.807) is 7.11 Å². The van der Waals surface area contributed by atoms with Crippen LogP contribution in [0.1, 0.15) is 29.5 Å². The Kier molecular flexibility index (Phi) is 6.63. The summed E-state index contributed by atoms with van der Waals surface area (Å²) in [5, 5.41) is 6.38. The second kappa shape index (κ2) is 8.49. The van der Waals surface area contributed by atoms with Crippen LogP contribution >= 0.6 is 0 Å². The molecule has 134 valence electrons. The first-order chi connectivity index (χ1) is 11.5. The fourth-order valence-corrected chi connectivity index (χ4v) is 3.50. The molecule has 0 saturated carbocycles. The van der Waals surface area contributed by atoms with Gasteiger partial charge in [-0.1, -0.05) is 17.7 Å². The van der Waals surface area contributed by atoms with Crippen molar-refractivity contribution in [1.29, 1.82) is 0 Å². The maximum absolute atomic E-state index is 12.2. The van der Waals surface area contributed by atoms with Crippen LogP contribution in [-0.2, 0) is 9.53 Å². The number of methoxy groups -OCH3 is 1. The van der Waals surface area contributed by atoms with Gasteiger partial charge in [-0.3, -0.25) is 4.79 Å². The molecule has 1 aromatic rings. The van der Waals surface area contributed by atoms with Gasteiger partial charge in [0.15, 0.2) is 6.61 Å². The number of piperidine rings is 1. The largest absolute Gasteiger partial charge is 0.483 e. The molecule has 5 heteroatoms. The highest BCUT2D eigenvalue weighted by molar-refractivity contribution is 5.77. The number of benzene rings is 1. The van der Waals surface area contributed by atoms with Gasteiger partial charge in [0.2, 0.25) is 0 Å². The van der Waals surface area contributed by atoms with Gasteiger partial charge in [-0.2, -0.15) is 0 Å². The average molecular weight is 334 g/mol. The summed E-state index contributed by atoms with van der Waals surface area (Å²) in [4.78, 5) is 12.2. The Morgan fingerprint density at radius 1 is 1.21 bits per heavy atom. The number of carbonyl (C=O) groups is 1. The first-order valence-corrected chi connectivity index (χ1v) is 8.63. The molecule has 24 heavy (non-hydrogen) atoms. The van der Waals surface area contributed by atoms with Crippen molar-refractivity contribution in [3.05, 3.63) is 28.8 Å². The number of hydrogen-bond donors (Lipinski definition) is 2. The predicted octanol–water partition coefficient (Wildman–Crippen LogP) is 2.12. The van der Waals surface area contributed by atoms with Crippen molar-refractivity contribution in [2.24, 2.45) is 5.41 Å². The molecule has 1 saturated heterocycles. The van der Waals surface area contributed by atoms with E-state index in [1.165, 1.54) is 5.56 Å². The van der Waals surface area contributed by atoms with Gasteiger partial charge in [-0.05, 0) is 57.8 Å². The Labute approximate surface area is 145 Å². The van der Waals surface area contributed by atoms with Gasteiger partial charge in [0.25, 0.3) is 5.91 Å². The van der Waals surface area contributed by atoms with Crippen molar-refractivity contribution in [2.75, 3.05) is 40.0 Å². The summed E-state index contributed by atoms with van der Waals surface area (Å²) < 4.78 is 11.1. The SMILES string of the molecule is COCC1(CNC(=O)COc2c(C)cc(C)cc2C)CCNCC1. The highest BCUT2D eigenvalue weighted by Gasteiger charge is 2.32. The maximum Gasteiger partial charge on any atom is 0.257 e. The summed E-state index contributed by atoms with van der Waals surface area (Å²) >= 11 is 0. The topological polar surface area (TPSA) is 59.6 Å². The summed E-state index contributed by atoms with van der Waals surface area (Å²) in [7, 11) is 1.72. The summed E-state index contributed by atoms with van der Waals surface area (Å²) in [6, 6.07) is 4.14. The van der Waals surface area contributed by atoms with Crippen LogP contribution in [0.2, 0.25) is 0 Å². The molecule has 1 aromatic carbocycles. The first kappa shape index (κ1) is 18.7. The molecule has 0 aliphatic carbocycles. The van der Waals surface area contributed by atoms with E-state index >= 15 is 0 Å². The third kappa shape index (κ3) is 4.95. The molecule has 2 N–H and O–H groups in total. The third-order valence-electron chi connectivity index (χ3n) is 4.73. The number of carbonyl (C=O) groups excluding carboxylic acids is 1. The minimum atomic E-state index is -0.0802. The third-order valence-corrected chi connectivity index (χ3v) is 4.73. The quantitative estimate of drug-likeness (QED) is 0.802. The molecule has 1 fully saturated rings. The molecular formula is C19H30N2O3. The number of rotatable bonds is 7. The highest BCUT2D eigenvalue weighted by atomic mass is 16.5. The van der Waals surface area contributed by atoms with Crippen molar-refractivity contribution in [3.8, 4) is 5.75 Å². The predicted molar refractivity (Wildman–Crippen MR) is 95.6 cm³/mol. The lowest BCUT2D eigenvalue weighted by atomic mass is 9.79. The van der Waals surface area contributed by atoms with Crippen LogP contribution in [0.4, 0.5) is 0 Å². The van der Waals surface area contributed by atoms with Crippen LogP contribution < -0.4 is 15.4 Å². The molecule has 0 spiro atoms. The number of hydrogen-bond acceptors (Lipinski definition) is 4. The van der Waals surface area contributed by atoms with Crippen molar-refractivity contribution in [1.82, 2.24) is 10.6 Å². The molecule has 1 aliphatic rings. The number of ether oxygens (including phenoxy) is 2. The Bertz CT molecular complexity index is 537. The van der Waals surface area contributed by atoms with Gasteiger partial charge < -0.3 is 20.1 Å². The highest BCUT2D eigenvalue weighted by Crippen LogP contribution is 2.28. The molecule has 0 aromatic heterocycles. The summed E-state index contributed by atoms with van der Waals surface area (Å²) in [5.74, 6) is 0.729. The van der Waals surface area contributed by atoms with E-state index in [4.69, 9.17) is 9.47 Å². The Hall–Kier alpha value is -1.59. The van der Waals surface area contributed by atoms with E-state index in [0.717, 1.165) is 42.8 Å². The van der Waals surface area contributed by atoms with Crippen LogP contribution in [0.15, 0.2) is 12.1 Å². The minimum absolute atomic E-state index is 0.0331. The lowest BCUT2D eigenvalue weighted by molar-refractivity contribution is -0.124. The summed E-state index contributed by atoms with van der Waals surface area (Å²) in [6.45, 7) is 9.38. The van der Waals surface area contributed by atoms with Crippen LogP contribution in [0, 0.1) is 26.2 Å². The molecule has 2 rings (SSSR count). The zero-order valence-electron chi connectivity index (χ0n) is 15.3. The van der Waals surface area contributed by atoms with E-state index in [0.29, 0.717) is 13.2 Å². The van der Waals surface area contributed by atoms with Crippen molar-refractivity contribution >= 4 is 5.91 Å². The van der Waals surface area contributed by atoms with Gasteiger partial charge in [-0.15, -0.1) is 0 Å².